The number of ether oxygens (including phenoxy) is 1. The molecule has 11 heteroatoms. The van der Waals surface area contributed by atoms with Crippen molar-refractivity contribution in [2.45, 2.75) is 85.1 Å². The van der Waals surface area contributed by atoms with Crippen molar-refractivity contribution in [2.24, 2.45) is 17.3 Å². The van der Waals surface area contributed by atoms with E-state index in [2.05, 4.69) is 46.6 Å². The summed E-state index contributed by atoms with van der Waals surface area (Å²) >= 11 is 0. The molecule has 0 saturated carbocycles. The highest BCUT2D eigenvalue weighted by Gasteiger charge is 2.40. The maximum Gasteiger partial charge on any atom is 0.245 e. The van der Waals surface area contributed by atoms with Gasteiger partial charge in [-0.25, -0.2) is 8.42 Å². The minimum Gasteiger partial charge on any atom is -0.366 e. The van der Waals surface area contributed by atoms with Gasteiger partial charge in [0.25, 0.3) is 0 Å². The first-order valence-corrected chi connectivity index (χ1v) is 17.7. The summed E-state index contributed by atoms with van der Waals surface area (Å²) in [6.07, 6.45) is 15.8. The number of allylic oxidation sites excluding steroid dienone is 5. The molecule has 0 fully saturated rings. The van der Waals surface area contributed by atoms with Crippen LogP contribution in [0.2, 0.25) is 0 Å². The fraction of sp³-hybridized carbons (Fsp3) is 0.444. The summed E-state index contributed by atoms with van der Waals surface area (Å²) < 4.78 is 37.6. The number of rotatable bonds is 10. The van der Waals surface area contributed by atoms with Crippen molar-refractivity contribution in [1.82, 2.24) is 29.6 Å². The normalized spacial score (nSPS) is 22.9. The number of carbonyl (C=O) groups excluding carboxylic acids is 1. The molecule has 5 rings (SSSR count). The van der Waals surface area contributed by atoms with Crippen LogP contribution >= 0.6 is 0 Å². The Morgan fingerprint density at radius 2 is 2.02 bits per heavy atom. The van der Waals surface area contributed by atoms with Crippen molar-refractivity contribution in [1.29, 1.82) is 0 Å². The minimum atomic E-state index is -3.77. The molecule has 2 aliphatic rings. The smallest absolute Gasteiger partial charge is 0.245 e. The number of nitrogens with zero attached hydrogens (tertiary/aromatic N) is 5. The lowest BCUT2D eigenvalue weighted by Gasteiger charge is -2.34. The SMILES string of the molecule is CCn1cc(CO[C@H](c2ccc(C)c(CN3C[C@@H](C)Cc4ccncc4S3(=O)=O)c2)C(C)(C)C(=O)NC2=C/C=C\C(C)C\C=C\2)nn1. The lowest BCUT2D eigenvalue weighted by atomic mass is 9.80. The third kappa shape index (κ3) is 7.97. The molecule has 47 heavy (non-hydrogen) atoms. The second-order valence-electron chi connectivity index (χ2n) is 13.3. The van der Waals surface area contributed by atoms with Gasteiger partial charge in [0, 0.05) is 37.7 Å². The Bertz CT molecular complexity index is 1790. The van der Waals surface area contributed by atoms with Crippen LogP contribution < -0.4 is 5.32 Å². The van der Waals surface area contributed by atoms with E-state index in [9.17, 15) is 13.2 Å². The molecule has 3 aromatic rings. The van der Waals surface area contributed by atoms with Gasteiger partial charge in [0.05, 0.1) is 24.3 Å². The van der Waals surface area contributed by atoms with E-state index < -0.39 is 21.5 Å². The van der Waals surface area contributed by atoms with Crippen molar-refractivity contribution < 1.29 is 17.9 Å². The summed E-state index contributed by atoms with van der Waals surface area (Å²) in [5.74, 6) is 0.351. The molecule has 2 aromatic heterocycles. The van der Waals surface area contributed by atoms with E-state index in [0.717, 1.165) is 28.7 Å². The van der Waals surface area contributed by atoms with Crippen molar-refractivity contribution in [3.8, 4) is 0 Å². The quantitative estimate of drug-likeness (QED) is 0.292. The number of aromatic nitrogens is 4. The lowest BCUT2D eigenvalue weighted by molar-refractivity contribution is -0.139. The predicted octanol–water partition coefficient (Wildman–Crippen LogP) is 5.82. The van der Waals surface area contributed by atoms with Crippen LogP contribution in [0.3, 0.4) is 0 Å². The number of pyridine rings is 1. The van der Waals surface area contributed by atoms with Gasteiger partial charge in [0.15, 0.2) is 0 Å². The van der Waals surface area contributed by atoms with Crippen LogP contribution in [-0.4, -0.2) is 45.2 Å². The van der Waals surface area contributed by atoms with E-state index in [-0.39, 0.29) is 29.9 Å². The Morgan fingerprint density at radius 1 is 1.21 bits per heavy atom. The molecule has 1 unspecified atom stereocenters. The first kappa shape index (κ1) is 34.4. The minimum absolute atomic E-state index is 0.127. The summed E-state index contributed by atoms with van der Waals surface area (Å²) in [5.41, 5.74) is 3.68. The lowest BCUT2D eigenvalue weighted by Crippen LogP contribution is -2.41. The van der Waals surface area contributed by atoms with E-state index in [4.69, 9.17) is 4.74 Å². The number of aryl methyl sites for hydroxylation is 2. The highest BCUT2D eigenvalue weighted by molar-refractivity contribution is 7.89. The molecule has 3 atom stereocenters. The average Bonchev–Trinajstić information content (AvgIpc) is 3.45. The fourth-order valence-corrected chi connectivity index (χ4v) is 7.75. The van der Waals surface area contributed by atoms with Crippen LogP contribution in [0, 0.1) is 24.2 Å². The predicted molar refractivity (Wildman–Crippen MR) is 181 cm³/mol. The van der Waals surface area contributed by atoms with Crippen molar-refractivity contribution >= 4 is 15.9 Å². The van der Waals surface area contributed by atoms with Gasteiger partial charge in [0.1, 0.15) is 10.6 Å². The number of amides is 1. The van der Waals surface area contributed by atoms with E-state index in [1.807, 2.05) is 70.3 Å². The summed E-state index contributed by atoms with van der Waals surface area (Å²) in [6.45, 7) is 13.3. The van der Waals surface area contributed by atoms with E-state index in [0.29, 0.717) is 36.8 Å². The molecular weight excluding hydrogens is 613 g/mol. The monoisotopic (exact) mass is 658 g/mol. The second kappa shape index (κ2) is 14.5. The number of carbonyl (C=O) groups is 1. The van der Waals surface area contributed by atoms with Crippen molar-refractivity contribution in [3.05, 3.63) is 107 Å². The van der Waals surface area contributed by atoms with Gasteiger partial charge < -0.3 is 10.1 Å². The zero-order valence-electron chi connectivity index (χ0n) is 28.2. The number of nitrogens with one attached hydrogen (secondary N) is 1. The van der Waals surface area contributed by atoms with Crippen molar-refractivity contribution in [3.63, 3.8) is 0 Å². The summed E-state index contributed by atoms with van der Waals surface area (Å²) in [5, 5.41) is 11.5. The first-order valence-electron chi connectivity index (χ1n) is 16.3. The number of fused-ring (bicyclic) bond motifs is 1. The number of hydrogen-bond acceptors (Lipinski definition) is 7. The summed E-state index contributed by atoms with van der Waals surface area (Å²) in [4.78, 5) is 18.4. The molecule has 0 saturated heterocycles. The first-order chi connectivity index (χ1) is 22.4. The summed E-state index contributed by atoms with van der Waals surface area (Å²) in [6, 6.07) is 7.70. The van der Waals surface area contributed by atoms with Gasteiger partial charge in [-0.3, -0.25) is 14.5 Å². The van der Waals surface area contributed by atoms with Crippen LogP contribution in [0.15, 0.2) is 83.8 Å². The molecule has 0 radical (unpaired) electrons. The fourth-order valence-electron chi connectivity index (χ4n) is 6.04. The van der Waals surface area contributed by atoms with E-state index >= 15 is 0 Å². The molecule has 1 aliphatic carbocycles. The summed E-state index contributed by atoms with van der Waals surface area (Å²) in [7, 11) is -3.77. The van der Waals surface area contributed by atoms with Gasteiger partial charge in [-0.2, -0.15) is 4.31 Å². The number of sulfonamides is 1. The van der Waals surface area contributed by atoms with Gasteiger partial charge in [-0.15, -0.1) is 5.10 Å². The van der Waals surface area contributed by atoms with Crippen LogP contribution in [0.5, 0.6) is 0 Å². The maximum atomic E-state index is 14.0. The molecule has 0 bridgehead atoms. The van der Waals surface area contributed by atoms with Gasteiger partial charge in [0.2, 0.25) is 15.9 Å². The highest BCUT2D eigenvalue weighted by atomic mass is 32.2. The van der Waals surface area contributed by atoms with E-state index in [1.165, 1.54) is 6.20 Å². The molecule has 1 aromatic carbocycles. The third-order valence-electron chi connectivity index (χ3n) is 8.92. The van der Waals surface area contributed by atoms with E-state index in [1.54, 1.807) is 21.3 Å². The Balaban J connectivity index is 1.47. The largest absolute Gasteiger partial charge is 0.366 e. The Hall–Kier alpha value is -3.93. The molecule has 0 spiro atoms. The van der Waals surface area contributed by atoms with Gasteiger partial charge in [-0.05, 0) is 92.8 Å². The second-order valence-corrected chi connectivity index (χ2v) is 15.2. The zero-order chi connectivity index (χ0) is 33.8. The molecular formula is C36H46N6O4S. The van der Waals surface area contributed by atoms with Gasteiger partial charge in [-0.1, -0.05) is 55.5 Å². The molecule has 1 amide bonds. The number of hydrogen-bond donors (Lipinski definition) is 1. The molecule has 1 N–H and O–H groups in total. The molecule has 10 nitrogen and oxygen atoms in total. The van der Waals surface area contributed by atoms with Crippen molar-refractivity contribution in [2.75, 3.05) is 6.54 Å². The number of benzene rings is 1. The van der Waals surface area contributed by atoms with Crippen LogP contribution in [0.25, 0.3) is 0 Å². The molecule has 1 aliphatic heterocycles. The van der Waals surface area contributed by atoms with Crippen LogP contribution in [-0.2, 0) is 45.7 Å². The van der Waals surface area contributed by atoms with Crippen LogP contribution in [0.1, 0.15) is 75.1 Å². The average molecular weight is 659 g/mol. The van der Waals surface area contributed by atoms with Crippen LogP contribution in [0.4, 0.5) is 0 Å². The molecule has 3 heterocycles. The standard InChI is InChI=1S/C36H46N6O4S/c1-7-41-23-32(39-40-41)24-46-34(36(5,6)35(43)38-31-12-8-10-25(2)11-9-13-31)29-15-14-27(4)30(19-29)22-42-21-26(3)18-28-16-17-37-20-33(28)47(42,44)45/h8-10,12-17,19-20,23,25-26,34H,7,11,18,21-22,24H2,1-6H3,(H,38,43)/b10-8-,13-9+,31-12+/t25?,26-,34+/m0/s1. The zero-order valence-corrected chi connectivity index (χ0v) is 29.0. The Morgan fingerprint density at radius 3 is 2.79 bits per heavy atom. The van der Waals surface area contributed by atoms with Gasteiger partial charge >= 0.3 is 0 Å². The molecule has 250 valence electrons. The topological polar surface area (TPSA) is 119 Å². The highest BCUT2D eigenvalue weighted by Crippen LogP contribution is 2.39. The Labute approximate surface area is 278 Å². The maximum absolute atomic E-state index is 14.0. The third-order valence-corrected chi connectivity index (χ3v) is 10.8. The Kier molecular flexibility index (Phi) is 10.6.